The first-order valence-corrected chi connectivity index (χ1v) is 9.37. The van der Waals surface area contributed by atoms with E-state index in [2.05, 4.69) is 25.1 Å². The Hall–Kier alpha value is -2.68. The molecule has 134 valence electrons. The third kappa shape index (κ3) is 3.62. The van der Waals surface area contributed by atoms with Crippen LogP contribution in [0.25, 0.3) is 11.5 Å². The van der Waals surface area contributed by atoms with Crippen LogP contribution in [-0.4, -0.2) is 49.0 Å². The minimum absolute atomic E-state index is 0.00447. The molecule has 26 heavy (non-hydrogen) atoms. The van der Waals surface area contributed by atoms with Gasteiger partial charge in [-0.25, -0.2) is 9.97 Å². The van der Waals surface area contributed by atoms with Gasteiger partial charge in [0.05, 0.1) is 11.2 Å². The quantitative estimate of drug-likeness (QED) is 0.695. The lowest BCUT2D eigenvalue weighted by atomic mass is 9.94. The standard InChI is InChI=1S/C17H18N6O2S/c1-11-20-14(10-26-11)17(24)23-6-2-3-12(9-23)7-15-21-16(22-25-15)13-8-18-4-5-19-13/h4-5,8,10,12H,2-3,6-7,9H2,1H3/t12-/m0/s1. The van der Waals surface area contributed by atoms with Gasteiger partial charge >= 0.3 is 0 Å². The van der Waals surface area contributed by atoms with Crippen LogP contribution >= 0.6 is 11.3 Å². The van der Waals surface area contributed by atoms with Crippen molar-refractivity contribution in [3.05, 3.63) is 40.6 Å². The van der Waals surface area contributed by atoms with Crippen molar-refractivity contribution >= 4 is 17.2 Å². The Morgan fingerprint density at radius 2 is 2.31 bits per heavy atom. The Morgan fingerprint density at radius 1 is 1.38 bits per heavy atom. The van der Waals surface area contributed by atoms with Crippen LogP contribution in [-0.2, 0) is 6.42 Å². The summed E-state index contributed by atoms with van der Waals surface area (Å²) in [6.45, 7) is 3.35. The number of piperidine rings is 1. The molecule has 8 nitrogen and oxygen atoms in total. The van der Waals surface area contributed by atoms with E-state index in [-0.39, 0.29) is 5.91 Å². The summed E-state index contributed by atoms with van der Waals surface area (Å²) in [5.41, 5.74) is 1.12. The van der Waals surface area contributed by atoms with Crippen LogP contribution in [0.2, 0.25) is 0 Å². The van der Waals surface area contributed by atoms with E-state index < -0.39 is 0 Å². The lowest BCUT2D eigenvalue weighted by molar-refractivity contribution is 0.0663. The molecule has 0 spiro atoms. The van der Waals surface area contributed by atoms with Crippen LogP contribution in [0.5, 0.6) is 0 Å². The normalized spacial score (nSPS) is 17.4. The zero-order chi connectivity index (χ0) is 17.9. The molecule has 0 aromatic carbocycles. The molecule has 3 aromatic rings. The number of hydrogen-bond acceptors (Lipinski definition) is 8. The molecular weight excluding hydrogens is 352 g/mol. The van der Waals surface area contributed by atoms with Gasteiger partial charge in [0, 0.05) is 37.3 Å². The van der Waals surface area contributed by atoms with E-state index in [1.54, 1.807) is 18.6 Å². The molecular formula is C17H18N6O2S. The molecule has 1 atom stereocenters. The molecule has 4 rings (SSSR count). The first kappa shape index (κ1) is 16.8. The molecule has 4 heterocycles. The minimum Gasteiger partial charge on any atom is -0.339 e. The van der Waals surface area contributed by atoms with Gasteiger partial charge in [0.25, 0.3) is 5.91 Å². The lowest BCUT2D eigenvalue weighted by Gasteiger charge is -2.31. The summed E-state index contributed by atoms with van der Waals surface area (Å²) in [7, 11) is 0. The van der Waals surface area contributed by atoms with Crippen molar-refractivity contribution in [1.29, 1.82) is 0 Å². The fraction of sp³-hybridized carbons (Fsp3) is 0.412. The van der Waals surface area contributed by atoms with Gasteiger partial charge in [0.15, 0.2) is 0 Å². The van der Waals surface area contributed by atoms with Gasteiger partial charge in [0.1, 0.15) is 11.4 Å². The molecule has 1 fully saturated rings. The number of rotatable bonds is 4. The summed E-state index contributed by atoms with van der Waals surface area (Å²) < 4.78 is 5.36. The Labute approximate surface area is 154 Å². The zero-order valence-electron chi connectivity index (χ0n) is 14.3. The summed E-state index contributed by atoms with van der Waals surface area (Å²) in [6, 6.07) is 0. The van der Waals surface area contributed by atoms with Crippen molar-refractivity contribution in [2.24, 2.45) is 5.92 Å². The number of nitrogens with zero attached hydrogens (tertiary/aromatic N) is 6. The fourth-order valence-corrected chi connectivity index (χ4v) is 3.73. The van der Waals surface area contributed by atoms with E-state index in [0.717, 1.165) is 24.4 Å². The van der Waals surface area contributed by atoms with Crippen LogP contribution in [0.4, 0.5) is 0 Å². The number of carbonyl (C=O) groups excluding carboxylic acids is 1. The van der Waals surface area contributed by atoms with Crippen LogP contribution < -0.4 is 0 Å². The zero-order valence-corrected chi connectivity index (χ0v) is 15.1. The fourth-order valence-electron chi connectivity index (χ4n) is 3.14. The molecule has 0 aliphatic carbocycles. The van der Waals surface area contributed by atoms with Crippen molar-refractivity contribution in [3.63, 3.8) is 0 Å². The molecule has 0 bridgehead atoms. The van der Waals surface area contributed by atoms with Gasteiger partial charge in [-0.2, -0.15) is 4.98 Å². The van der Waals surface area contributed by atoms with E-state index in [1.165, 1.54) is 11.3 Å². The third-order valence-electron chi connectivity index (χ3n) is 4.37. The maximum Gasteiger partial charge on any atom is 0.273 e. The molecule has 3 aromatic heterocycles. The Balaban J connectivity index is 1.41. The molecule has 0 radical (unpaired) electrons. The van der Waals surface area contributed by atoms with E-state index in [9.17, 15) is 4.79 Å². The maximum absolute atomic E-state index is 12.6. The average Bonchev–Trinajstić information content (AvgIpc) is 3.31. The molecule has 1 aliphatic heterocycles. The van der Waals surface area contributed by atoms with E-state index >= 15 is 0 Å². The number of amides is 1. The predicted octanol–water partition coefficient (Wildman–Crippen LogP) is 2.39. The smallest absolute Gasteiger partial charge is 0.273 e. The van der Waals surface area contributed by atoms with E-state index in [0.29, 0.717) is 42.0 Å². The van der Waals surface area contributed by atoms with Gasteiger partial charge < -0.3 is 9.42 Å². The maximum atomic E-state index is 12.6. The minimum atomic E-state index is 0.00447. The van der Waals surface area contributed by atoms with Gasteiger partial charge in [-0.05, 0) is 25.7 Å². The topological polar surface area (TPSA) is 97.9 Å². The average molecular weight is 370 g/mol. The number of thiazole rings is 1. The van der Waals surface area contributed by atoms with Gasteiger partial charge in [-0.15, -0.1) is 11.3 Å². The molecule has 1 saturated heterocycles. The van der Waals surface area contributed by atoms with Gasteiger partial charge in [0.2, 0.25) is 11.7 Å². The van der Waals surface area contributed by atoms with Crippen LogP contribution in [0.3, 0.4) is 0 Å². The highest BCUT2D eigenvalue weighted by molar-refractivity contribution is 7.09. The summed E-state index contributed by atoms with van der Waals surface area (Å²) in [4.78, 5) is 31.4. The number of carbonyl (C=O) groups is 1. The summed E-state index contributed by atoms with van der Waals surface area (Å²) in [5, 5.41) is 6.71. The Bertz CT molecular complexity index is 894. The second kappa shape index (κ2) is 7.28. The molecule has 1 amide bonds. The van der Waals surface area contributed by atoms with Gasteiger partial charge in [-0.3, -0.25) is 9.78 Å². The van der Waals surface area contributed by atoms with Crippen molar-refractivity contribution < 1.29 is 9.32 Å². The highest BCUT2D eigenvalue weighted by atomic mass is 32.1. The van der Waals surface area contributed by atoms with E-state index in [1.807, 2.05) is 17.2 Å². The lowest BCUT2D eigenvalue weighted by Crippen LogP contribution is -2.40. The molecule has 0 unspecified atom stereocenters. The second-order valence-corrected chi connectivity index (χ2v) is 7.38. The van der Waals surface area contributed by atoms with Crippen molar-refractivity contribution in [1.82, 2.24) is 30.0 Å². The summed E-state index contributed by atoms with van der Waals surface area (Å²) >= 11 is 1.50. The third-order valence-corrected chi connectivity index (χ3v) is 5.14. The second-order valence-electron chi connectivity index (χ2n) is 6.32. The van der Waals surface area contributed by atoms with Crippen LogP contribution in [0.1, 0.15) is 34.2 Å². The number of hydrogen-bond donors (Lipinski definition) is 0. The van der Waals surface area contributed by atoms with Crippen molar-refractivity contribution in [3.8, 4) is 11.5 Å². The van der Waals surface area contributed by atoms with E-state index in [4.69, 9.17) is 4.52 Å². The molecule has 1 aliphatic rings. The van der Waals surface area contributed by atoms with Gasteiger partial charge in [-0.1, -0.05) is 5.16 Å². The summed E-state index contributed by atoms with van der Waals surface area (Å²) in [6.07, 6.45) is 7.43. The largest absolute Gasteiger partial charge is 0.339 e. The molecule has 0 N–H and O–H groups in total. The predicted molar refractivity (Wildman–Crippen MR) is 94.5 cm³/mol. The van der Waals surface area contributed by atoms with Crippen molar-refractivity contribution in [2.75, 3.05) is 13.1 Å². The Morgan fingerprint density at radius 3 is 3.08 bits per heavy atom. The highest BCUT2D eigenvalue weighted by Gasteiger charge is 2.27. The monoisotopic (exact) mass is 370 g/mol. The molecule has 9 heteroatoms. The molecule has 0 saturated carbocycles. The highest BCUT2D eigenvalue weighted by Crippen LogP contribution is 2.23. The number of likely N-dealkylation sites (tertiary alicyclic amines) is 1. The van der Waals surface area contributed by atoms with Crippen LogP contribution in [0.15, 0.2) is 28.5 Å². The Kier molecular flexibility index (Phi) is 4.70. The number of aromatic nitrogens is 5. The van der Waals surface area contributed by atoms with Crippen LogP contribution in [0, 0.1) is 12.8 Å². The first-order chi connectivity index (χ1) is 12.7. The number of aryl methyl sites for hydroxylation is 1. The van der Waals surface area contributed by atoms with Crippen molar-refractivity contribution in [2.45, 2.75) is 26.2 Å². The SMILES string of the molecule is Cc1nc(C(=O)N2CCC[C@@H](Cc3nc(-c4cnccn4)no3)C2)cs1. The summed E-state index contributed by atoms with van der Waals surface area (Å²) in [5.74, 6) is 1.30. The first-order valence-electron chi connectivity index (χ1n) is 8.49.